The largest absolute Gasteiger partial charge is 0.485 e. The van der Waals surface area contributed by atoms with E-state index in [1.54, 1.807) is 0 Å². The Labute approximate surface area is 112 Å². The summed E-state index contributed by atoms with van der Waals surface area (Å²) in [7, 11) is 0. The van der Waals surface area contributed by atoms with Crippen LogP contribution in [0.5, 0.6) is 5.75 Å². The van der Waals surface area contributed by atoms with Gasteiger partial charge >= 0.3 is 0 Å². The molecule has 1 aromatic heterocycles. The molecule has 0 atom stereocenters. The van der Waals surface area contributed by atoms with Crippen LogP contribution in [0.25, 0.3) is 0 Å². The summed E-state index contributed by atoms with van der Waals surface area (Å²) in [6, 6.07) is 7.63. The summed E-state index contributed by atoms with van der Waals surface area (Å²) < 4.78 is 10.8. The standard InChI is InChI=1S/C14H18N2O3/c1-2-5-14-15-13(16-19-14)10-18-12-7-4-3-6-11(12)8-9-17/h3-4,6-7,17H,2,5,8-10H2,1H3. The monoisotopic (exact) mass is 262 g/mol. The zero-order valence-corrected chi connectivity index (χ0v) is 11.0. The molecule has 5 nitrogen and oxygen atoms in total. The molecule has 0 spiro atoms. The molecule has 5 heteroatoms. The minimum absolute atomic E-state index is 0.100. The molecule has 0 radical (unpaired) electrons. The normalized spacial score (nSPS) is 10.6. The smallest absolute Gasteiger partial charge is 0.226 e. The molecule has 0 bridgehead atoms. The van der Waals surface area contributed by atoms with E-state index in [0.29, 0.717) is 18.1 Å². The van der Waals surface area contributed by atoms with Crippen molar-refractivity contribution in [1.29, 1.82) is 0 Å². The number of benzene rings is 1. The van der Waals surface area contributed by atoms with Gasteiger partial charge < -0.3 is 14.4 Å². The number of hydrogen-bond acceptors (Lipinski definition) is 5. The van der Waals surface area contributed by atoms with E-state index >= 15 is 0 Å². The van der Waals surface area contributed by atoms with Gasteiger partial charge in [-0.1, -0.05) is 30.3 Å². The first kappa shape index (κ1) is 13.5. The van der Waals surface area contributed by atoms with Crippen molar-refractivity contribution in [3.8, 4) is 5.75 Å². The number of nitrogens with zero attached hydrogens (tertiary/aromatic N) is 2. The highest BCUT2D eigenvalue weighted by Gasteiger charge is 2.08. The second kappa shape index (κ2) is 6.89. The van der Waals surface area contributed by atoms with Gasteiger partial charge in [0, 0.05) is 13.0 Å². The van der Waals surface area contributed by atoms with Crippen molar-refractivity contribution in [1.82, 2.24) is 10.1 Å². The van der Waals surface area contributed by atoms with Crippen molar-refractivity contribution >= 4 is 0 Å². The van der Waals surface area contributed by atoms with E-state index in [-0.39, 0.29) is 13.2 Å². The van der Waals surface area contributed by atoms with Crippen LogP contribution in [0.15, 0.2) is 28.8 Å². The van der Waals surface area contributed by atoms with Crippen LogP contribution >= 0.6 is 0 Å². The number of aromatic nitrogens is 2. The maximum atomic E-state index is 9.00. The molecule has 0 fully saturated rings. The van der Waals surface area contributed by atoms with Crippen molar-refractivity contribution in [2.45, 2.75) is 32.8 Å². The van der Waals surface area contributed by atoms with Crippen LogP contribution in [0.3, 0.4) is 0 Å². The molecule has 0 aliphatic rings. The van der Waals surface area contributed by atoms with Gasteiger partial charge in [0.2, 0.25) is 11.7 Å². The predicted molar refractivity (Wildman–Crippen MR) is 69.9 cm³/mol. The zero-order chi connectivity index (χ0) is 13.5. The second-order valence-corrected chi connectivity index (χ2v) is 4.22. The fraction of sp³-hybridized carbons (Fsp3) is 0.429. The van der Waals surface area contributed by atoms with E-state index in [9.17, 15) is 0 Å². The van der Waals surface area contributed by atoms with Crippen molar-refractivity contribution in [3.05, 3.63) is 41.5 Å². The van der Waals surface area contributed by atoms with Crippen molar-refractivity contribution in [2.24, 2.45) is 0 Å². The topological polar surface area (TPSA) is 68.4 Å². The molecule has 1 N–H and O–H groups in total. The van der Waals surface area contributed by atoms with Crippen LogP contribution in [-0.2, 0) is 19.4 Å². The van der Waals surface area contributed by atoms with Gasteiger partial charge in [0.1, 0.15) is 5.75 Å². The third-order valence-electron chi connectivity index (χ3n) is 2.68. The predicted octanol–water partition coefficient (Wildman–Crippen LogP) is 2.14. The van der Waals surface area contributed by atoms with Crippen LogP contribution in [-0.4, -0.2) is 21.9 Å². The Balaban J connectivity index is 1.97. The lowest BCUT2D eigenvalue weighted by atomic mass is 10.1. The minimum atomic E-state index is 0.100. The Morgan fingerprint density at radius 3 is 2.89 bits per heavy atom. The zero-order valence-electron chi connectivity index (χ0n) is 11.0. The van der Waals surface area contributed by atoms with Crippen molar-refractivity contribution in [2.75, 3.05) is 6.61 Å². The Morgan fingerprint density at radius 2 is 2.11 bits per heavy atom. The third kappa shape index (κ3) is 3.79. The lowest BCUT2D eigenvalue weighted by Gasteiger charge is -2.08. The molecule has 19 heavy (non-hydrogen) atoms. The number of aliphatic hydroxyl groups is 1. The van der Waals surface area contributed by atoms with Gasteiger partial charge in [0.15, 0.2) is 6.61 Å². The quantitative estimate of drug-likeness (QED) is 0.828. The minimum Gasteiger partial charge on any atom is -0.485 e. The first-order chi connectivity index (χ1) is 9.33. The number of aliphatic hydroxyl groups excluding tert-OH is 1. The molecule has 2 aromatic rings. The van der Waals surface area contributed by atoms with Gasteiger partial charge in [0.25, 0.3) is 0 Å². The molecular weight excluding hydrogens is 244 g/mol. The highest BCUT2D eigenvalue weighted by atomic mass is 16.5. The molecule has 0 aliphatic carbocycles. The SMILES string of the molecule is CCCc1nc(COc2ccccc2CCO)no1. The first-order valence-electron chi connectivity index (χ1n) is 6.46. The van der Waals surface area contributed by atoms with E-state index in [0.717, 1.165) is 24.2 Å². The fourth-order valence-corrected chi connectivity index (χ4v) is 1.78. The second-order valence-electron chi connectivity index (χ2n) is 4.22. The van der Waals surface area contributed by atoms with E-state index in [1.807, 2.05) is 24.3 Å². The molecule has 0 saturated heterocycles. The maximum Gasteiger partial charge on any atom is 0.226 e. The molecule has 102 valence electrons. The molecule has 2 rings (SSSR count). The van der Waals surface area contributed by atoms with E-state index < -0.39 is 0 Å². The van der Waals surface area contributed by atoms with Crippen LogP contribution in [0.4, 0.5) is 0 Å². The molecule has 1 heterocycles. The summed E-state index contributed by atoms with van der Waals surface area (Å²) in [4.78, 5) is 4.24. The van der Waals surface area contributed by atoms with E-state index in [4.69, 9.17) is 14.4 Å². The molecule has 0 unspecified atom stereocenters. The molecule has 0 saturated carbocycles. The number of rotatable bonds is 7. The van der Waals surface area contributed by atoms with Gasteiger partial charge in [-0.25, -0.2) is 0 Å². The van der Waals surface area contributed by atoms with Gasteiger partial charge in [-0.05, 0) is 24.5 Å². The lowest BCUT2D eigenvalue weighted by Crippen LogP contribution is -2.01. The summed E-state index contributed by atoms with van der Waals surface area (Å²) in [5.41, 5.74) is 0.974. The van der Waals surface area contributed by atoms with Crippen LogP contribution in [0.1, 0.15) is 30.6 Å². The Hall–Kier alpha value is -1.88. The van der Waals surface area contributed by atoms with Gasteiger partial charge in [-0.15, -0.1) is 0 Å². The first-order valence-corrected chi connectivity index (χ1v) is 6.46. The average Bonchev–Trinajstić information content (AvgIpc) is 2.86. The molecule has 1 aromatic carbocycles. The van der Waals surface area contributed by atoms with Crippen molar-refractivity contribution in [3.63, 3.8) is 0 Å². The number of aryl methyl sites for hydroxylation is 1. The Bertz CT molecular complexity index is 511. The summed E-state index contributed by atoms with van der Waals surface area (Å²) in [6.45, 7) is 2.43. The molecule has 0 amide bonds. The highest BCUT2D eigenvalue weighted by molar-refractivity contribution is 5.33. The highest BCUT2D eigenvalue weighted by Crippen LogP contribution is 2.19. The van der Waals surface area contributed by atoms with Gasteiger partial charge in [0.05, 0.1) is 0 Å². The number of hydrogen-bond donors (Lipinski definition) is 1. The van der Waals surface area contributed by atoms with Crippen LogP contribution in [0, 0.1) is 0 Å². The Morgan fingerprint density at radius 1 is 1.26 bits per heavy atom. The maximum absolute atomic E-state index is 9.00. The number of ether oxygens (including phenoxy) is 1. The summed E-state index contributed by atoms with van der Waals surface area (Å²) >= 11 is 0. The van der Waals surface area contributed by atoms with Gasteiger partial charge in [-0.3, -0.25) is 0 Å². The fourth-order valence-electron chi connectivity index (χ4n) is 1.78. The van der Waals surface area contributed by atoms with Gasteiger partial charge in [-0.2, -0.15) is 4.98 Å². The van der Waals surface area contributed by atoms with Crippen molar-refractivity contribution < 1.29 is 14.4 Å². The third-order valence-corrected chi connectivity index (χ3v) is 2.68. The molecule has 0 aliphatic heterocycles. The van der Waals surface area contributed by atoms with E-state index in [2.05, 4.69) is 17.1 Å². The summed E-state index contributed by atoms with van der Waals surface area (Å²) in [5, 5.41) is 12.9. The van der Waals surface area contributed by atoms with E-state index in [1.165, 1.54) is 0 Å². The summed E-state index contributed by atoms with van der Waals surface area (Å²) in [6.07, 6.45) is 2.33. The lowest BCUT2D eigenvalue weighted by molar-refractivity contribution is 0.273. The van der Waals surface area contributed by atoms with Crippen LogP contribution < -0.4 is 4.74 Å². The average molecular weight is 262 g/mol. The Kier molecular flexibility index (Phi) is 4.92. The molecular formula is C14H18N2O3. The number of para-hydroxylation sites is 1. The van der Waals surface area contributed by atoms with Crippen LogP contribution in [0.2, 0.25) is 0 Å². The summed E-state index contributed by atoms with van der Waals surface area (Å²) in [5.74, 6) is 1.94.